The fourth-order valence-electron chi connectivity index (χ4n) is 1.82. The first kappa shape index (κ1) is 11.9. The van der Waals surface area contributed by atoms with Crippen LogP contribution in [0, 0.1) is 12.8 Å². The summed E-state index contributed by atoms with van der Waals surface area (Å²) in [4.78, 5) is 4.52. The van der Waals surface area contributed by atoms with Crippen molar-refractivity contribution in [3.63, 3.8) is 0 Å². The molecule has 1 heterocycles. The lowest BCUT2D eigenvalue weighted by Gasteiger charge is -2.13. The quantitative estimate of drug-likeness (QED) is 0.847. The minimum atomic E-state index is 0.474. The van der Waals surface area contributed by atoms with E-state index in [2.05, 4.69) is 29.4 Å². The number of nitrogens with zero attached hydrogens (tertiary/aromatic N) is 1. The maximum Gasteiger partial charge on any atom is 0.0725 e. The van der Waals surface area contributed by atoms with Gasteiger partial charge in [-0.25, -0.2) is 0 Å². The molecule has 17 heavy (non-hydrogen) atoms. The molecule has 0 amide bonds. The maximum atomic E-state index is 5.63. The van der Waals surface area contributed by atoms with Crippen LogP contribution in [0.3, 0.4) is 0 Å². The molecule has 2 rings (SSSR count). The Morgan fingerprint density at radius 1 is 1.35 bits per heavy atom. The van der Waals surface area contributed by atoms with E-state index in [4.69, 9.17) is 5.73 Å². The van der Waals surface area contributed by atoms with Crippen LogP contribution in [0.25, 0.3) is 10.9 Å². The molecule has 3 N–H and O–H groups in total. The van der Waals surface area contributed by atoms with Gasteiger partial charge < -0.3 is 11.1 Å². The molecule has 0 aliphatic carbocycles. The van der Waals surface area contributed by atoms with Crippen molar-refractivity contribution in [3.8, 4) is 0 Å². The summed E-state index contributed by atoms with van der Waals surface area (Å²) in [6.45, 7) is 5.76. The van der Waals surface area contributed by atoms with E-state index in [9.17, 15) is 0 Å². The lowest BCUT2D eigenvalue weighted by atomic mass is 10.1. The molecule has 1 atom stereocenters. The van der Waals surface area contributed by atoms with Crippen LogP contribution in [0.4, 0.5) is 5.69 Å². The first-order chi connectivity index (χ1) is 8.20. The molecular weight excluding hydrogens is 210 g/mol. The summed E-state index contributed by atoms with van der Waals surface area (Å²) >= 11 is 0. The van der Waals surface area contributed by atoms with E-state index in [0.717, 1.165) is 23.4 Å². The van der Waals surface area contributed by atoms with Gasteiger partial charge in [0, 0.05) is 23.3 Å². The Hall–Kier alpha value is -1.61. The fourth-order valence-corrected chi connectivity index (χ4v) is 1.82. The Bertz CT molecular complexity index is 508. The van der Waals surface area contributed by atoms with Crippen molar-refractivity contribution in [1.82, 2.24) is 4.98 Å². The molecule has 0 radical (unpaired) electrons. The summed E-state index contributed by atoms with van der Waals surface area (Å²) in [7, 11) is 0. The van der Waals surface area contributed by atoms with Gasteiger partial charge in [-0.2, -0.15) is 0 Å². The highest BCUT2D eigenvalue weighted by Gasteiger charge is 2.04. The van der Waals surface area contributed by atoms with Crippen molar-refractivity contribution in [1.29, 1.82) is 0 Å². The van der Waals surface area contributed by atoms with Gasteiger partial charge in [-0.15, -0.1) is 0 Å². The van der Waals surface area contributed by atoms with Crippen molar-refractivity contribution >= 4 is 16.6 Å². The van der Waals surface area contributed by atoms with Crippen molar-refractivity contribution in [2.45, 2.75) is 13.8 Å². The zero-order valence-corrected chi connectivity index (χ0v) is 10.4. The number of nitrogens with one attached hydrogen (secondary N) is 1. The average Bonchev–Trinajstić information content (AvgIpc) is 2.35. The number of pyridine rings is 1. The number of nitrogens with two attached hydrogens (primary N) is 1. The first-order valence-corrected chi connectivity index (χ1v) is 6.01. The number of benzene rings is 1. The number of hydrogen-bond acceptors (Lipinski definition) is 3. The van der Waals surface area contributed by atoms with E-state index < -0.39 is 0 Å². The van der Waals surface area contributed by atoms with Gasteiger partial charge in [-0.1, -0.05) is 25.1 Å². The number of aromatic nitrogens is 1. The standard InChI is InChI=1S/C14H19N3/c1-10(8-15)9-16-14-7-11(2)17-13-6-4-3-5-12(13)14/h3-7,10H,8-9,15H2,1-2H3,(H,16,17). The number of rotatable bonds is 4. The van der Waals surface area contributed by atoms with Crippen LogP contribution in [0.15, 0.2) is 30.3 Å². The molecule has 0 aliphatic heterocycles. The summed E-state index contributed by atoms with van der Waals surface area (Å²) in [6, 6.07) is 10.3. The molecule has 1 unspecified atom stereocenters. The summed E-state index contributed by atoms with van der Waals surface area (Å²) in [6.07, 6.45) is 0. The van der Waals surface area contributed by atoms with Crippen LogP contribution in [0.2, 0.25) is 0 Å². The lowest BCUT2D eigenvalue weighted by Crippen LogP contribution is -2.19. The zero-order chi connectivity index (χ0) is 12.3. The molecule has 3 nitrogen and oxygen atoms in total. The highest BCUT2D eigenvalue weighted by atomic mass is 14.9. The Morgan fingerprint density at radius 2 is 2.12 bits per heavy atom. The molecule has 3 heteroatoms. The highest BCUT2D eigenvalue weighted by molar-refractivity contribution is 5.91. The van der Waals surface area contributed by atoms with E-state index >= 15 is 0 Å². The van der Waals surface area contributed by atoms with Gasteiger partial charge in [0.05, 0.1) is 5.52 Å². The fraction of sp³-hybridized carbons (Fsp3) is 0.357. The normalized spacial score (nSPS) is 12.6. The minimum absolute atomic E-state index is 0.474. The Labute approximate surface area is 102 Å². The van der Waals surface area contributed by atoms with Crippen LogP contribution in [-0.4, -0.2) is 18.1 Å². The number of para-hydroxylation sites is 1. The van der Waals surface area contributed by atoms with Gasteiger partial charge in [0.1, 0.15) is 0 Å². The third kappa shape index (κ3) is 2.74. The molecule has 0 fully saturated rings. The van der Waals surface area contributed by atoms with Gasteiger partial charge in [-0.05, 0) is 31.5 Å². The Balaban J connectivity index is 2.32. The zero-order valence-electron chi connectivity index (χ0n) is 10.4. The van der Waals surface area contributed by atoms with Crippen LogP contribution in [0.1, 0.15) is 12.6 Å². The first-order valence-electron chi connectivity index (χ1n) is 6.01. The second-order valence-electron chi connectivity index (χ2n) is 4.55. The van der Waals surface area contributed by atoms with Crippen LogP contribution in [0.5, 0.6) is 0 Å². The van der Waals surface area contributed by atoms with Crippen molar-refractivity contribution in [2.75, 3.05) is 18.4 Å². The number of hydrogen-bond donors (Lipinski definition) is 2. The molecule has 1 aromatic heterocycles. The highest BCUT2D eigenvalue weighted by Crippen LogP contribution is 2.22. The van der Waals surface area contributed by atoms with Crippen LogP contribution < -0.4 is 11.1 Å². The molecule has 0 bridgehead atoms. The van der Waals surface area contributed by atoms with E-state index in [0.29, 0.717) is 12.5 Å². The van der Waals surface area contributed by atoms with Crippen molar-refractivity contribution in [3.05, 3.63) is 36.0 Å². The molecule has 2 aromatic rings. The van der Waals surface area contributed by atoms with Gasteiger partial charge in [-0.3, -0.25) is 4.98 Å². The number of fused-ring (bicyclic) bond motifs is 1. The molecular formula is C14H19N3. The minimum Gasteiger partial charge on any atom is -0.384 e. The van der Waals surface area contributed by atoms with Crippen molar-refractivity contribution in [2.24, 2.45) is 11.7 Å². The molecule has 0 saturated heterocycles. The Kier molecular flexibility index (Phi) is 3.59. The van der Waals surface area contributed by atoms with Gasteiger partial charge in [0.15, 0.2) is 0 Å². The third-order valence-corrected chi connectivity index (χ3v) is 2.89. The summed E-state index contributed by atoms with van der Waals surface area (Å²) in [5.74, 6) is 0.474. The van der Waals surface area contributed by atoms with Gasteiger partial charge in [0.2, 0.25) is 0 Å². The molecule has 0 aliphatic rings. The van der Waals surface area contributed by atoms with Crippen LogP contribution in [-0.2, 0) is 0 Å². The number of anilines is 1. The van der Waals surface area contributed by atoms with Gasteiger partial charge in [0.25, 0.3) is 0 Å². The molecule has 1 aromatic carbocycles. The van der Waals surface area contributed by atoms with E-state index in [1.807, 2.05) is 25.1 Å². The van der Waals surface area contributed by atoms with Crippen molar-refractivity contribution < 1.29 is 0 Å². The average molecular weight is 229 g/mol. The molecule has 90 valence electrons. The van der Waals surface area contributed by atoms with E-state index in [1.54, 1.807) is 0 Å². The summed E-state index contributed by atoms with van der Waals surface area (Å²) in [5, 5.41) is 4.63. The maximum absolute atomic E-state index is 5.63. The molecule has 0 spiro atoms. The lowest BCUT2D eigenvalue weighted by molar-refractivity contribution is 0.628. The largest absolute Gasteiger partial charge is 0.384 e. The molecule has 0 saturated carbocycles. The Morgan fingerprint density at radius 3 is 2.88 bits per heavy atom. The predicted octanol–water partition coefficient (Wildman–Crippen LogP) is 2.55. The third-order valence-electron chi connectivity index (χ3n) is 2.89. The smallest absolute Gasteiger partial charge is 0.0725 e. The van der Waals surface area contributed by atoms with E-state index in [-0.39, 0.29) is 0 Å². The SMILES string of the molecule is Cc1cc(NCC(C)CN)c2ccccc2n1. The van der Waals surface area contributed by atoms with Gasteiger partial charge >= 0.3 is 0 Å². The summed E-state index contributed by atoms with van der Waals surface area (Å²) < 4.78 is 0. The van der Waals surface area contributed by atoms with Crippen LogP contribution >= 0.6 is 0 Å². The van der Waals surface area contributed by atoms with E-state index in [1.165, 1.54) is 5.39 Å². The monoisotopic (exact) mass is 229 g/mol. The second-order valence-corrected chi connectivity index (χ2v) is 4.55. The predicted molar refractivity (Wildman–Crippen MR) is 73.2 cm³/mol. The second kappa shape index (κ2) is 5.15. The summed E-state index contributed by atoms with van der Waals surface area (Å²) in [5.41, 5.74) is 8.84. The number of aryl methyl sites for hydroxylation is 1. The topological polar surface area (TPSA) is 50.9 Å².